The molecule has 1 heterocycles. The van der Waals surface area contributed by atoms with Crippen molar-refractivity contribution in [3.63, 3.8) is 0 Å². The molecule has 1 saturated heterocycles. The van der Waals surface area contributed by atoms with Crippen LogP contribution in [0.2, 0.25) is 0 Å². The van der Waals surface area contributed by atoms with Crippen molar-refractivity contribution in [3.05, 3.63) is 53.4 Å². The van der Waals surface area contributed by atoms with Gasteiger partial charge in [-0.2, -0.15) is 0 Å². The molecular formula is C25H37FO2. The molecule has 1 aliphatic rings. The van der Waals surface area contributed by atoms with Crippen molar-refractivity contribution in [2.75, 3.05) is 0 Å². The second-order valence-electron chi connectivity index (χ2n) is 8.71. The van der Waals surface area contributed by atoms with Crippen molar-refractivity contribution in [1.82, 2.24) is 0 Å². The lowest BCUT2D eigenvalue weighted by atomic mass is 9.90. The van der Waals surface area contributed by atoms with Crippen molar-refractivity contribution >= 4 is 6.08 Å². The Balaban J connectivity index is 2.02. The average Bonchev–Trinajstić information content (AvgIpc) is 2.86. The summed E-state index contributed by atoms with van der Waals surface area (Å²) in [4.78, 5) is 0. The molecule has 1 fully saturated rings. The van der Waals surface area contributed by atoms with Gasteiger partial charge in [-0.3, -0.25) is 0 Å². The fourth-order valence-electron chi connectivity index (χ4n) is 3.30. The fourth-order valence-corrected chi connectivity index (χ4v) is 3.30. The molecule has 0 amide bonds. The summed E-state index contributed by atoms with van der Waals surface area (Å²) in [6, 6.07) is 10.1. The predicted molar refractivity (Wildman–Crippen MR) is 116 cm³/mol. The number of unbranched alkanes of at least 4 members (excludes halogenated alkanes) is 3. The van der Waals surface area contributed by atoms with Gasteiger partial charge >= 0.3 is 0 Å². The minimum absolute atomic E-state index is 0.0432. The molecule has 156 valence electrons. The molecule has 0 aliphatic carbocycles. The quantitative estimate of drug-likeness (QED) is 0.303. The summed E-state index contributed by atoms with van der Waals surface area (Å²) in [7, 11) is 0. The molecule has 0 radical (unpaired) electrons. The van der Waals surface area contributed by atoms with Gasteiger partial charge in [0.25, 0.3) is 0 Å². The van der Waals surface area contributed by atoms with Crippen LogP contribution in [-0.4, -0.2) is 17.5 Å². The molecule has 1 aromatic rings. The summed E-state index contributed by atoms with van der Waals surface area (Å²) in [6.45, 7) is 10.3. The van der Waals surface area contributed by atoms with E-state index in [0.717, 1.165) is 30.4 Å². The predicted octanol–water partition coefficient (Wildman–Crippen LogP) is 7.60. The molecule has 0 saturated carbocycles. The molecule has 0 aromatic heterocycles. The van der Waals surface area contributed by atoms with Crippen LogP contribution in [0.1, 0.15) is 85.1 Å². The van der Waals surface area contributed by atoms with E-state index in [1.54, 1.807) is 0 Å². The topological polar surface area (TPSA) is 18.5 Å². The molecule has 1 aliphatic heterocycles. The van der Waals surface area contributed by atoms with E-state index in [9.17, 15) is 0 Å². The number of halogens is 1. The van der Waals surface area contributed by atoms with Crippen LogP contribution < -0.4 is 0 Å². The Bertz CT molecular complexity index is 642. The third kappa shape index (κ3) is 6.56. The molecule has 0 atom stereocenters. The average molecular weight is 389 g/mol. The molecule has 3 heteroatoms. The van der Waals surface area contributed by atoms with Gasteiger partial charge < -0.3 is 9.47 Å². The molecule has 28 heavy (non-hydrogen) atoms. The van der Waals surface area contributed by atoms with Crippen molar-refractivity contribution in [2.45, 2.75) is 97.1 Å². The molecule has 0 spiro atoms. The van der Waals surface area contributed by atoms with E-state index in [1.165, 1.54) is 12.8 Å². The fraction of sp³-hybridized carbons (Fsp3) is 0.600. The van der Waals surface area contributed by atoms with Gasteiger partial charge in [0.1, 0.15) is 5.83 Å². The second-order valence-corrected chi connectivity index (χ2v) is 8.71. The molecule has 1 aromatic carbocycles. The van der Waals surface area contributed by atoms with Crippen molar-refractivity contribution in [2.24, 2.45) is 0 Å². The van der Waals surface area contributed by atoms with Crippen LogP contribution in [0.5, 0.6) is 0 Å². The van der Waals surface area contributed by atoms with Crippen molar-refractivity contribution in [3.8, 4) is 0 Å². The summed E-state index contributed by atoms with van der Waals surface area (Å²) in [5.41, 5.74) is 1.16. The molecular weight excluding hydrogens is 351 g/mol. The maximum atomic E-state index is 15.0. The highest BCUT2D eigenvalue weighted by atomic mass is 19.1. The Labute approximate surface area is 170 Å². The van der Waals surface area contributed by atoms with Crippen LogP contribution in [0.3, 0.4) is 0 Å². The van der Waals surface area contributed by atoms with Gasteiger partial charge in [0.15, 0.2) is 6.29 Å². The van der Waals surface area contributed by atoms with Gasteiger partial charge in [0.2, 0.25) is 0 Å². The summed E-state index contributed by atoms with van der Waals surface area (Å²) in [5.74, 6) is -0.0432. The van der Waals surface area contributed by atoms with E-state index >= 15 is 4.39 Å². The highest BCUT2D eigenvalue weighted by Crippen LogP contribution is 2.40. The van der Waals surface area contributed by atoms with Crippen LogP contribution in [-0.2, 0) is 9.47 Å². The summed E-state index contributed by atoms with van der Waals surface area (Å²) in [6.07, 6.45) is 9.80. The lowest BCUT2D eigenvalue weighted by Gasteiger charge is -2.30. The highest BCUT2D eigenvalue weighted by molar-refractivity contribution is 5.53. The monoisotopic (exact) mass is 388 g/mol. The SMILES string of the molecule is CCCCCCC(/C=C/c1ccccc1)=C(/F)CCC1OC(C)(C)C(C)(C)O1. The molecule has 0 unspecified atom stereocenters. The Hall–Kier alpha value is -1.45. The van der Waals surface area contributed by atoms with Crippen molar-refractivity contribution < 1.29 is 13.9 Å². The lowest BCUT2D eigenvalue weighted by Crippen LogP contribution is -2.41. The van der Waals surface area contributed by atoms with Crippen LogP contribution in [0, 0.1) is 0 Å². The Morgan fingerprint density at radius 1 is 0.964 bits per heavy atom. The minimum Gasteiger partial charge on any atom is -0.344 e. The smallest absolute Gasteiger partial charge is 0.159 e. The maximum Gasteiger partial charge on any atom is 0.159 e. The molecule has 2 nitrogen and oxygen atoms in total. The Morgan fingerprint density at radius 2 is 1.61 bits per heavy atom. The number of hydrogen-bond donors (Lipinski definition) is 0. The van der Waals surface area contributed by atoms with E-state index in [4.69, 9.17) is 9.47 Å². The summed E-state index contributed by atoms with van der Waals surface area (Å²) < 4.78 is 27.0. The van der Waals surface area contributed by atoms with Crippen molar-refractivity contribution in [1.29, 1.82) is 0 Å². The highest BCUT2D eigenvalue weighted by Gasteiger charge is 2.48. The normalized spacial score (nSPS) is 19.9. The molecule has 2 rings (SSSR count). The zero-order valence-electron chi connectivity index (χ0n) is 18.3. The standard InChI is InChI=1S/C25H37FO2/c1-6-7-8-12-15-21(17-16-20-13-10-9-11-14-20)22(26)18-19-23-27-24(2,3)25(4,5)28-23/h9-11,13-14,16-17,23H,6-8,12,15,18-19H2,1-5H3/b17-16+,22-21-. The zero-order chi connectivity index (χ0) is 20.6. The number of benzene rings is 1. The first-order valence-corrected chi connectivity index (χ1v) is 10.7. The first-order valence-electron chi connectivity index (χ1n) is 10.7. The van der Waals surface area contributed by atoms with E-state index in [0.29, 0.717) is 12.8 Å². The Kier molecular flexibility index (Phi) is 8.45. The van der Waals surface area contributed by atoms with E-state index < -0.39 is 0 Å². The van der Waals surface area contributed by atoms with E-state index in [-0.39, 0.29) is 23.3 Å². The third-order valence-electron chi connectivity index (χ3n) is 5.83. The molecule has 0 bridgehead atoms. The number of hydrogen-bond acceptors (Lipinski definition) is 2. The van der Waals surface area contributed by atoms with Gasteiger partial charge in [-0.05, 0) is 51.7 Å². The third-order valence-corrected chi connectivity index (χ3v) is 5.83. The van der Waals surface area contributed by atoms with Gasteiger partial charge in [0.05, 0.1) is 11.2 Å². The summed E-state index contributed by atoms with van der Waals surface area (Å²) >= 11 is 0. The van der Waals surface area contributed by atoms with Crippen LogP contribution in [0.4, 0.5) is 4.39 Å². The van der Waals surface area contributed by atoms with E-state index in [2.05, 4.69) is 6.92 Å². The molecule has 0 N–H and O–H groups in total. The number of allylic oxidation sites excluding steroid dienone is 3. The maximum absolute atomic E-state index is 15.0. The van der Waals surface area contributed by atoms with Crippen LogP contribution in [0.15, 0.2) is 47.8 Å². The van der Waals surface area contributed by atoms with Crippen LogP contribution in [0.25, 0.3) is 6.08 Å². The van der Waals surface area contributed by atoms with Gasteiger partial charge in [0, 0.05) is 12.8 Å². The summed E-state index contributed by atoms with van der Waals surface area (Å²) in [5, 5.41) is 0. The van der Waals surface area contributed by atoms with Gasteiger partial charge in [-0.15, -0.1) is 0 Å². The largest absolute Gasteiger partial charge is 0.344 e. The Morgan fingerprint density at radius 3 is 2.21 bits per heavy atom. The minimum atomic E-state index is -0.367. The first-order chi connectivity index (χ1) is 13.2. The number of rotatable bonds is 10. The second kappa shape index (κ2) is 10.4. The zero-order valence-corrected chi connectivity index (χ0v) is 18.3. The lowest BCUT2D eigenvalue weighted by molar-refractivity contribution is -0.0904. The van der Waals surface area contributed by atoms with Crippen LogP contribution >= 0.6 is 0 Å². The van der Waals surface area contributed by atoms with E-state index in [1.807, 2.05) is 70.2 Å². The number of ether oxygens (including phenoxy) is 2. The first kappa shape index (κ1) is 22.8. The van der Waals surface area contributed by atoms with Gasteiger partial charge in [-0.25, -0.2) is 4.39 Å². The van der Waals surface area contributed by atoms with Gasteiger partial charge in [-0.1, -0.05) is 68.7 Å².